The zero-order chi connectivity index (χ0) is 14.6. The van der Waals surface area contributed by atoms with Gasteiger partial charge in [-0.1, -0.05) is 6.92 Å². The fourth-order valence-corrected chi connectivity index (χ4v) is 2.02. The molecule has 1 rings (SSSR count). The Balaban J connectivity index is 3.24. The molecular formula is C14H17F3N2. The van der Waals surface area contributed by atoms with Crippen molar-refractivity contribution in [1.82, 2.24) is 0 Å². The van der Waals surface area contributed by atoms with Crippen LogP contribution in [-0.4, -0.2) is 12.6 Å². The Morgan fingerprint density at radius 1 is 1.32 bits per heavy atom. The van der Waals surface area contributed by atoms with Crippen molar-refractivity contribution in [2.24, 2.45) is 0 Å². The molecule has 0 aliphatic rings. The van der Waals surface area contributed by atoms with Crippen molar-refractivity contribution in [3.8, 4) is 6.07 Å². The summed E-state index contributed by atoms with van der Waals surface area (Å²) in [6.45, 7) is 6.65. The molecule has 0 radical (unpaired) electrons. The third-order valence-corrected chi connectivity index (χ3v) is 3.22. The van der Waals surface area contributed by atoms with Gasteiger partial charge in [-0.15, -0.1) is 0 Å². The van der Waals surface area contributed by atoms with Gasteiger partial charge in [0.15, 0.2) is 0 Å². The van der Waals surface area contributed by atoms with Gasteiger partial charge in [0.05, 0.1) is 17.2 Å². The Labute approximate surface area is 111 Å². The Morgan fingerprint density at radius 2 is 1.95 bits per heavy atom. The number of hydrogen-bond acceptors (Lipinski definition) is 2. The molecule has 2 nitrogen and oxygen atoms in total. The van der Waals surface area contributed by atoms with Gasteiger partial charge >= 0.3 is 6.18 Å². The number of nitrogens with zero attached hydrogens (tertiary/aromatic N) is 2. The van der Waals surface area contributed by atoms with Gasteiger partial charge in [0.1, 0.15) is 0 Å². The number of rotatable bonds is 4. The largest absolute Gasteiger partial charge is 0.417 e. The number of nitriles is 1. The fourth-order valence-electron chi connectivity index (χ4n) is 2.02. The molecular weight excluding hydrogens is 253 g/mol. The molecule has 0 aliphatic carbocycles. The summed E-state index contributed by atoms with van der Waals surface area (Å²) < 4.78 is 38.1. The van der Waals surface area contributed by atoms with Gasteiger partial charge in [0.2, 0.25) is 0 Å². The minimum absolute atomic E-state index is 0.216. The van der Waals surface area contributed by atoms with Crippen LogP contribution in [0.4, 0.5) is 18.9 Å². The second kappa shape index (κ2) is 5.96. The average Bonchev–Trinajstić information content (AvgIpc) is 2.37. The van der Waals surface area contributed by atoms with E-state index in [1.54, 1.807) is 6.07 Å². The number of hydrogen-bond donors (Lipinski definition) is 0. The number of benzene rings is 1. The highest BCUT2D eigenvalue weighted by Crippen LogP contribution is 2.34. The van der Waals surface area contributed by atoms with Crippen LogP contribution in [0, 0.1) is 11.3 Å². The summed E-state index contributed by atoms with van der Waals surface area (Å²) in [7, 11) is 0. The van der Waals surface area contributed by atoms with E-state index < -0.39 is 11.7 Å². The summed E-state index contributed by atoms with van der Waals surface area (Å²) >= 11 is 0. The molecule has 0 saturated heterocycles. The van der Waals surface area contributed by atoms with Crippen LogP contribution in [0.25, 0.3) is 0 Å². The molecule has 0 N–H and O–H groups in total. The third kappa shape index (κ3) is 3.40. The summed E-state index contributed by atoms with van der Waals surface area (Å²) in [6.07, 6.45) is -3.60. The maximum absolute atomic E-state index is 12.7. The van der Waals surface area contributed by atoms with Gasteiger partial charge in [-0.05, 0) is 38.5 Å². The van der Waals surface area contributed by atoms with E-state index in [2.05, 4.69) is 0 Å². The zero-order valence-electron chi connectivity index (χ0n) is 11.3. The smallest absolute Gasteiger partial charge is 0.369 e. The van der Waals surface area contributed by atoms with E-state index in [1.165, 1.54) is 12.1 Å². The highest BCUT2D eigenvalue weighted by Gasteiger charge is 2.33. The molecule has 0 fully saturated rings. The second-order valence-electron chi connectivity index (χ2n) is 4.38. The van der Waals surface area contributed by atoms with Crippen LogP contribution >= 0.6 is 0 Å². The highest BCUT2D eigenvalue weighted by molar-refractivity contribution is 5.55. The molecule has 0 aromatic heterocycles. The average molecular weight is 270 g/mol. The Hall–Kier alpha value is -1.70. The van der Waals surface area contributed by atoms with Crippen molar-refractivity contribution in [1.29, 1.82) is 5.26 Å². The van der Waals surface area contributed by atoms with Crippen LogP contribution < -0.4 is 4.90 Å². The van der Waals surface area contributed by atoms with Crippen molar-refractivity contribution in [2.45, 2.75) is 39.4 Å². The monoisotopic (exact) mass is 270 g/mol. The van der Waals surface area contributed by atoms with Crippen LogP contribution in [-0.2, 0) is 6.18 Å². The molecule has 0 aliphatic heterocycles. The lowest BCUT2D eigenvalue weighted by Crippen LogP contribution is -2.32. The molecule has 19 heavy (non-hydrogen) atoms. The van der Waals surface area contributed by atoms with Gasteiger partial charge < -0.3 is 4.90 Å². The van der Waals surface area contributed by atoms with Crippen LogP contribution in [0.3, 0.4) is 0 Å². The lowest BCUT2D eigenvalue weighted by molar-refractivity contribution is -0.137. The summed E-state index contributed by atoms with van der Waals surface area (Å²) in [6, 6.07) is 5.58. The van der Waals surface area contributed by atoms with Crippen molar-refractivity contribution in [3.05, 3.63) is 29.3 Å². The van der Waals surface area contributed by atoms with Gasteiger partial charge in [-0.3, -0.25) is 0 Å². The van der Waals surface area contributed by atoms with E-state index in [-0.39, 0.29) is 11.6 Å². The first kappa shape index (κ1) is 15.4. The van der Waals surface area contributed by atoms with Gasteiger partial charge in [-0.25, -0.2) is 0 Å². The van der Waals surface area contributed by atoms with Crippen molar-refractivity contribution in [3.63, 3.8) is 0 Å². The van der Waals surface area contributed by atoms with Crippen molar-refractivity contribution in [2.75, 3.05) is 11.4 Å². The highest BCUT2D eigenvalue weighted by atomic mass is 19.4. The number of alkyl halides is 3. The number of anilines is 1. The lowest BCUT2D eigenvalue weighted by atomic mass is 10.1. The van der Waals surface area contributed by atoms with Crippen molar-refractivity contribution < 1.29 is 13.2 Å². The Kier molecular flexibility index (Phi) is 4.82. The summed E-state index contributed by atoms with van der Waals surface area (Å²) in [5.74, 6) is 0. The maximum Gasteiger partial charge on any atom is 0.417 e. The van der Waals surface area contributed by atoms with E-state index in [0.29, 0.717) is 12.2 Å². The Bertz CT molecular complexity index is 475. The van der Waals surface area contributed by atoms with Crippen LogP contribution in [0.5, 0.6) is 0 Å². The van der Waals surface area contributed by atoms with E-state index >= 15 is 0 Å². The minimum atomic E-state index is -4.49. The SMILES string of the molecule is CCC(C)N(CC)c1ccc(C(F)(F)F)c(C#N)c1. The zero-order valence-corrected chi connectivity index (χ0v) is 11.3. The summed E-state index contributed by atoms with van der Waals surface area (Å²) in [5, 5.41) is 8.89. The molecule has 1 atom stereocenters. The minimum Gasteiger partial charge on any atom is -0.369 e. The molecule has 5 heteroatoms. The van der Waals surface area contributed by atoms with Crippen LogP contribution in [0.1, 0.15) is 38.3 Å². The van der Waals surface area contributed by atoms with Gasteiger partial charge in [-0.2, -0.15) is 18.4 Å². The molecule has 0 amide bonds. The van der Waals surface area contributed by atoms with E-state index in [0.717, 1.165) is 12.5 Å². The molecule has 0 bridgehead atoms. The fraction of sp³-hybridized carbons (Fsp3) is 0.500. The first-order chi connectivity index (χ1) is 8.85. The Morgan fingerprint density at radius 3 is 2.37 bits per heavy atom. The molecule has 0 spiro atoms. The maximum atomic E-state index is 12.7. The van der Waals surface area contributed by atoms with Crippen LogP contribution in [0.2, 0.25) is 0 Å². The normalized spacial score (nSPS) is 12.9. The van der Waals surface area contributed by atoms with Gasteiger partial charge in [0, 0.05) is 18.3 Å². The molecule has 1 aromatic rings. The molecule has 1 aromatic carbocycles. The molecule has 1 unspecified atom stereocenters. The topological polar surface area (TPSA) is 27.0 Å². The van der Waals surface area contributed by atoms with Crippen LogP contribution in [0.15, 0.2) is 18.2 Å². The lowest BCUT2D eigenvalue weighted by Gasteiger charge is -2.30. The first-order valence-corrected chi connectivity index (χ1v) is 6.23. The summed E-state index contributed by atoms with van der Waals surface area (Å²) in [5.41, 5.74) is -0.549. The standard InChI is InChI=1S/C14H17F3N2/c1-4-10(3)19(5-2)12-6-7-13(14(15,16)17)11(8-12)9-18/h6-8,10H,4-5H2,1-3H3. The predicted molar refractivity (Wildman–Crippen MR) is 68.9 cm³/mol. The quantitative estimate of drug-likeness (QED) is 0.819. The molecule has 104 valence electrons. The van der Waals surface area contributed by atoms with Crippen molar-refractivity contribution >= 4 is 5.69 Å². The van der Waals surface area contributed by atoms with E-state index in [9.17, 15) is 13.2 Å². The van der Waals surface area contributed by atoms with Gasteiger partial charge in [0.25, 0.3) is 0 Å². The van der Waals surface area contributed by atoms with E-state index in [4.69, 9.17) is 5.26 Å². The molecule has 0 heterocycles. The second-order valence-corrected chi connectivity index (χ2v) is 4.38. The van der Waals surface area contributed by atoms with E-state index in [1.807, 2.05) is 25.7 Å². The first-order valence-electron chi connectivity index (χ1n) is 6.23. The third-order valence-electron chi connectivity index (χ3n) is 3.22. The number of halogens is 3. The molecule has 0 saturated carbocycles. The summed E-state index contributed by atoms with van der Waals surface area (Å²) in [4.78, 5) is 1.99. The predicted octanol–water partition coefficient (Wildman–Crippen LogP) is 4.20.